The van der Waals surface area contributed by atoms with E-state index in [0.29, 0.717) is 6.42 Å². The topological polar surface area (TPSA) is 259 Å². The first-order valence-corrected chi connectivity index (χ1v) is 30.2. The summed E-state index contributed by atoms with van der Waals surface area (Å²) in [6.45, 7) is 29.8. The molecular formula is C62H109N11O11. The Labute approximate surface area is 503 Å². The van der Waals surface area contributed by atoms with Gasteiger partial charge in [-0.1, -0.05) is 115 Å². The first kappa shape index (κ1) is 75.7. The molecule has 1 unspecified atom stereocenters. The second-order valence-corrected chi connectivity index (χ2v) is 25.6. The molecule has 22 nitrogen and oxygen atoms in total. The van der Waals surface area contributed by atoms with Gasteiger partial charge in [-0.05, 0) is 101 Å². The molecule has 1 fully saturated rings. The molecule has 1 saturated heterocycles. The Bertz CT molecular complexity index is 2350. The van der Waals surface area contributed by atoms with Crippen LogP contribution >= 0.6 is 0 Å². The summed E-state index contributed by atoms with van der Waals surface area (Å²) in [5.41, 5.74) is -0.0878. The number of carbonyl (C=O) groups excluding carboxylic acids is 11. The molecule has 0 aliphatic carbocycles. The van der Waals surface area contributed by atoms with E-state index in [4.69, 9.17) is 0 Å². The van der Waals surface area contributed by atoms with Crippen LogP contribution in [0.3, 0.4) is 0 Å². The van der Waals surface area contributed by atoms with E-state index in [9.17, 15) is 43.2 Å². The van der Waals surface area contributed by atoms with Crippen LogP contribution in [0, 0.1) is 41.4 Å². The summed E-state index contributed by atoms with van der Waals surface area (Å²) < 4.78 is 0. The molecule has 22 heteroatoms. The van der Waals surface area contributed by atoms with Gasteiger partial charge < -0.3 is 55.6 Å². The predicted molar refractivity (Wildman–Crippen MR) is 327 cm³/mol. The van der Waals surface area contributed by atoms with Crippen LogP contribution in [0.15, 0.2) is 23.9 Å². The average molecular weight is 1180 g/mol. The van der Waals surface area contributed by atoms with Crippen molar-refractivity contribution in [2.45, 2.75) is 211 Å². The summed E-state index contributed by atoms with van der Waals surface area (Å²) in [6.07, 6.45) is 6.68. The van der Waals surface area contributed by atoms with Crippen LogP contribution in [0.1, 0.15) is 156 Å². The number of amides is 11. The molecule has 0 saturated carbocycles. The van der Waals surface area contributed by atoms with E-state index >= 15 is 9.59 Å². The molecule has 4 N–H and O–H groups in total. The zero-order chi connectivity index (χ0) is 65.1. The van der Waals surface area contributed by atoms with Crippen molar-refractivity contribution in [1.82, 2.24) is 55.6 Å². The molecule has 0 aromatic carbocycles. The Morgan fingerprint density at radius 3 is 1.36 bits per heavy atom. The first-order valence-electron chi connectivity index (χ1n) is 30.2. The Kier molecular flexibility index (Phi) is 31.1. The SMILES string of the molecule is C/C=C/C[C@@H](C)/C=C1\C(=O)N[C@@H](CC)C(=O)N(C)CC(=O)N(C)C(CC(C)C)C(=O)N[C@@H](C(C)C)C(=O)N(C)[C@@H](CC(C)C)C(=O)N[C@@H](C)C(=O)N[C@H](C)C(=O)N(C)[C@@H](CC(C)C)C(=O)N(C)[C@@H](CC(C)C)C(=O)N(C)[C@@H](C(C)C)C(=O)N1C. The van der Waals surface area contributed by atoms with Crippen LogP contribution in [0.4, 0.5) is 0 Å². The Morgan fingerprint density at radius 1 is 0.476 bits per heavy atom. The number of rotatable bonds is 14. The zero-order valence-electron chi connectivity index (χ0n) is 55.5. The van der Waals surface area contributed by atoms with Gasteiger partial charge in [-0.15, -0.1) is 0 Å². The van der Waals surface area contributed by atoms with Crippen molar-refractivity contribution in [3.05, 3.63) is 23.9 Å². The van der Waals surface area contributed by atoms with Gasteiger partial charge in [0.2, 0.25) is 59.1 Å². The molecule has 11 amide bonds. The van der Waals surface area contributed by atoms with Gasteiger partial charge in [-0.3, -0.25) is 52.7 Å². The summed E-state index contributed by atoms with van der Waals surface area (Å²) in [5, 5.41) is 11.1. The van der Waals surface area contributed by atoms with Crippen LogP contribution in [0.25, 0.3) is 0 Å². The van der Waals surface area contributed by atoms with Gasteiger partial charge >= 0.3 is 0 Å². The third-order valence-corrected chi connectivity index (χ3v) is 15.5. The molecule has 1 heterocycles. The lowest BCUT2D eigenvalue weighted by atomic mass is 9.95. The van der Waals surface area contributed by atoms with Crippen molar-refractivity contribution < 1.29 is 52.7 Å². The standard InChI is InChI=1S/C62H109N11O11/c1-25-27-28-41(15)33-47-55(77)65-44(26-2)58(80)67(18)34-50(74)68(19)45(29-35(3)4)56(78)66-51(39(11)12)61(83)69(20)46(30-36(5)6)54(76)63-42(16)53(75)64-43(17)57(79)71(22)48(31-37(7)8)59(81)72(23)49(32-38(9)10)60(82)73(24)52(40(13)14)62(84)70(47)21/h25,27,33,35-46,48-49,51-52H,26,28-32,34H2,1-24H3,(H,63,76)(H,64,75)(H,65,77)(H,66,78)/b27-25+,47-33+/t41-,42+,43-,44+,45?,46+,48+,49+,51+,52+/m1/s1. The lowest BCUT2D eigenvalue weighted by molar-refractivity contribution is -0.154. The van der Waals surface area contributed by atoms with Crippen molar-refractivity contribution in [3.8, 4) is 0 Å². The molecule has 10 atom stereocenters. The zero-order valence-corrected chi connectivity index (χ0v) is 55.5. The Morgan fingerprint density at radius 2 is 0.905 bits per heavy atom. The van der Waals surface area contributed by atoms with Crippen molar-refractivity contribution in [2.75, 3.05) is 55.9 Å². The number of allylic oxidation sites excluding steroid dienone is 3. The third kappa shape index (κ3) is 21.6. The normalized spacial score (nSPS) is 26.3. The van der Waals surface area contributed by atoms with E-state index in [1.807, 2.05) is 81.4 Å². The van der Waals surface area contributed by atoms with Gasteiger partial charge in [-0.25, -0.2) is 0 Å². The molecule has 478 valence electrons. The molecular weight excluding hydrogens is 1070 g/mol. The number of nitrogens with one attached hydrogen (secondary N) is 4. The van der Waals surface area contributed by atoms with Gasteiger partial charge in [0.15, 0.2) is 0 Å². The monoisotopic (exact) mass is 1180 g/mol. The third-order valence-electron chi connectivity index (χ3n) is 15.5. The molecule has 1 aliphatic rings. The van der Waals surface area contributed by atoms with E-state index in [-0.39, 0.29) is 67.4 Å². The highest BCUT2D eigenvalue weighted by Crippen LogP contribution is 2.25. The van der Waals surface area contributed by atoms with Crippen LogP contribution in [0.2, 0.25) is 0 Å². The van der Waals surface area contributed by atoms with Crippen molar-refractivity contribution in [3.63, 3.8) is 0 Å². The van der Waals surface area contributed by atoms with E-state index in [2.05, 4.69) is 21.3 Å². The quantitative estimate of drug-likeness (QED) is 0.140. The van der Waals surface area contributed by atoms with E-state index < -0.39 is 138 Å². The van der Waals surface area contributed by atoms with Crippen molar-refractivity contribution >= 4 is 65.0 Å². The molecule has 1 rings (SSSR count). The highest BCUT2D eigenvalue weighted by molar-refractivity contribution is 6.02. The summed E-state index contributed by atoms with van der Waals surface area (Å²) in [5.74, 6) is -8.81. The maximum absolute atomic E-state index is 15.1. The fourth-order valence-corrected chi connectivity index (χ4v) is 10.3. The average Bonchev–Trinajstić information content (AvgIpc) is 2.64. The smallest absolute Gasteiger partial charge is 0.268 e. The minimum atomic E-state index is -1.21. The molecule has 0 aromatic rings. The van der Waals surface area contributed by atoms with Crippen LogP contribution in [-0.2, 0) is 52.7 Å². The number of carbonyl (C=O) groups is 11. The fourth-order valence-electron chi connectivity index (χ4n) is 10.3. The van der Waals surface area contributed by atoms with Crippen molar-refractivity contribution in [2.24, 2.45) is 41.4 Å². The summed E-state index contributed by atoms with van der Waals surface area (Å²) in [6, 6.07) is -10.4. The molecule has 0 bridgehead atoms. The molecule has 0 spiro atoms. The van der Waals surface area contributed by atoms with Crippen LogP contribution < -0.4 is 21.3 Å². The number of likely N-dealkylation sites (N-methyl/N-ethyl adjacent to an activating group) is 7. The number of nitrogens with zero attached hydrogens (tertiary/aromatic N) is 7. The first-order chi connectivity index (χ1) is 38.8. The van der Waals surface area contributed by atoms with Gasteiger partial charge in [0.1, 0.15) is 60.1 Å². The van der Waals surface area contributed by atoms with Gasteiger partial charge in [-0.2, -0.15) is 0 Å². The minimum Gasteiger partial charge on any atom is -0.343 e. The molecule has 0 aromatic heterocycles. The maximum atomic E-state index is 15.1. The van der Waals surface area contributed by atoms with E-state index in [1.54, 1.807) is 40.7 Å². The second kappa shape index (κ2) is 34.6. The highest BCUT2D eigenvalue weighted by Gasteiger charge is 2.43. The van der Waals surface area contributed by atoms with Crippen LogP contribution in [0.5, 0.6) is 0 Å². The second-order valence-electron chi connectivity index (χ2n) is 25.6. The van der Waals surface area contributed by atoms with Crippen molar-refractivity contribution in [1.29, 1.82) is 0 Å². The summed E-state index contributed by atoms with van der Waals surface area (Å²) >= 11 is 0. The molecule has 1 aliphatic heterocycles. The lowest BCUT2D eigenvalue weighted by Gasteiger charge is -2.40. The predicted octanol–water partition coefficient (Wildman–Crippen LogP) is 4.42. The number of hydrogen-bond donors (Lipinski definition) is 4. The fraction of sp³-hybridized carbons (Fsp3) is 0.758. The summed E-state index contributed by atoms with van der Waals surface area (Å²) in [7, 11) is 10.1. The minimum absolute atomic E-state index is 0.0829. The highest BCUT2D eigenvalue weighted by atomic mass is 16.2. The maximum Gasteiger partial charge on any atom is 0.268 e. The van der Waals surface area contributed by atoms with Gasteiger partial charge in [0.25, 0.3) is 5.91 Å². The largest absolute Gasteiger partial charge is 0.343 e. The molecule has 84 heavy (non-hydrogen) atoms. The van der Waals surface area contributed by atoms with E-state index in [0.717, 1.165) is 4.90 Å². The van der Waals surface area contributed by atoms with Gasteiger partial charge in [0.05, 0.1) is 6.54 Å². The lowest BCUT2D eigenvalue weighted by Crippen LogP contribution is -2.61. The van der Waals surface area contributed by atoms with Gasteiger partial charge in [0, 0.05) is 49.3 Å². The number of hydrogen-bond acceptors (Lipinski definition) is 11. The summed E-state index contributed by atoms with van der Waals surface area (Å²) in [4.78, 5) is 168. The molecule has 0 radical (unpaired) electrons. The van der Waals surface area contributed by atoms with Crippen LogP contribution in [-0.4, -0.2) is 210 Å². The Balaban J connectivity index is 4.30. The Hall–Kier alpha value is -6.35. The van der Waals surface area contributed by atoms with E-state index in [1.165, 1.54) is 92.6 Å².